The van der Waals surface area contributed by atoms with Crippen molar-refractivity contribution < 1.29 is 0 Å². The molecule has 0 aromatic heterocycles. The minimum absolute atomic E-state index is 0.479. The molecule has 1 nitrogen and oxygen atoms in total. The molecular formula is C9H19N. The normalized spacial score (nSPS) is 42.9. The van der Waals surface area contributed by atoms with Gasteiger partial charge in [-0.3, -0.25) is 0 Å². The van der Waals surface area contributed by atoms with Crippen LogP contribution in [0.2, 0.25) is 0 Å². The standard InChI is InChI=1S/C9H19N/c1-7-3-4-8(2)6-9(10)5-7/h7-9H,3-6,10H2,1-2H3. The first-order valence-electron chi connectivity index (χ1n) is 4.44. The summed E-state index contributed by atoms with van der Waals surface area (Å²) >= 11 is 0. The average Bonchev–Trinajstić information content (AvgIpc) is 1.93. The lowest BCUT2D eigenvalue weighted by atomic mass is 10.0. The van der Waals surface area contributed by atoms with Gasteiger partial charge in [-0.05, 0) is 24.7 Å². The highest BCUT2D eigenvalue weighted by Gasteiger charge is 2.17. The van der Waals surface area contributed by atoms with Crippen LogP contribution in [0.3, 0.4) is 0 Å². The van der Waals surface area contributed by atoms with Gasteiger partial charge in [-0.1, -0.05) is 26.7 Å². The van der Waals surface area contributed by atoms with E-state index in [1.54, 1.807) is 0 Å². The molecule has 1 saturated carbocycles. The second-order valence-corrected chi connectivity index (χ2v) is 4.02. The fourth-order valence-electron chi connectivity index (χ4n) is 1.93. The minimum Gasteiger partial charge on any atom is -0.328 e. The molecule has 0 heterocycles. The van der Waals surface area contributed by atoms with Gasteiger partial charge in [0.2, 0.25) is 0 Å². The summed E-state index contributed by atoms with van der Waals surface area (Å²) in [5, 5.41) is 0. The zero-order valence-corrected chi connectivity index (χ0v) is 7.14. The molecule has 0 saturated heterocycles. The van der Waals surface area contributed by atoms with Crippen LogP contribution in [0.15, 0.2) is 0 Å². The van der Waals surface area contributed by atoms with Crippen LogP contribution in [0.25, 0.3) is 0 Å². The summed E-state index contributed by atoms with van der Waals surface area (Å²) in [6.07, 6.45) is 5.25. The summed E-state index contributed by atoms with van der Waals surface area (Å²) in [5.74, 6) is 1.72. The van der Waals surface area contributed by atoms with Crippen LogP contribution in [0.4, 0.5) is 0 Å². The average molecular weight is 141 g/mol. The Labute approximate surface area is 64.0 Å². The lowest BCUT2D eigenvalue weighted by molar-refractivity contribution is 0.465. The Kier molecular flexibility index (Phi) is 2.72. The molecular weight excluding hydrogens is 122 g/mol. The van der Waals surface area contributed by atoms with Crippen LogP contribution in [-0.2, 0) is 0 Å². The van der Waals surface area contributed by atoms with E-state index in [0.29, 0.717) is 6.04 Å². The zero-order chi connectivity index (χ0) is 7.56. The van der Waals surface area contributed by atoms with E-state index >= 15 is 0 Å². The summed E-state index contributed by atoms with van der Waals surface area (Å²) in [6.45, 7) is 4.63. The Hall–Kier alpha value is -0.0400. The molecule has 1 aliphatic rings. The van der Waals surface area contributed by atoms with E-state index in [2.05, 4.69) is 13.8 Å². The predicted molar refractivity (Wildman–Crippen MR) is 44.8 cm³/mol. The zero-order valence-electron chi connectivity index (χ0n) is 7.14. The molecule has 0 spiro atoms. The Bertz CT molecular complexity index is 88.9. The van der Waals surface area contributed by atoms with Crippen LogP contribution >= 0.6 is 0 Å². The maximum atomic E-state index is 5.92. The van der Waals surface area contributed by atoms with Crippen molar-refractivity contribution in [3.05, 3.63) is 0 Å². The quantitative estimate of drug-likeness (QED) is 0.514. The Morgan fingerprint density at radius 1 is 1.00 bits per heavy atom. The maximum Gasteiger partial charge on any atom is 0.00439 e. The van der Waals surface area contributed by atoms with E-state index in [0.717, 1.165) is 11.8 Å². The first-order valence-corrected chi connectivity index (χ1v) is 4.44. The third kappa shape index (κ3) is 2.30. The van der Waals surface area contributed by atoms with Gasteiger partial charge in [0.25, 0.3) is 0 Å². The van der Waals surface area contributed by atoms with E-state index in [9.17, 15) is 0 Å². The second kappa shape index (κ2) is 3.38. The fourth-order valence-corrected chi connectivity index (χ4v) is 1.93. The largest absolute Gasteiger partial charge is 0.328 e. The lowest BCUT2D eigenvalue weighted by Crippen LogP contribution is -2.22. The van der Waals surface area contributed by atoms with E-state index in [4.69, 9.17) is 5.73 Å². The van der Waals surface area contributed by atoms with Crippen molar-refractivity contribution in [3.8, 4) is 0 Å². The van der Waals surface area contributed by atoms with E-state index in [1.165, 1.54) is 25.7 Å². The highest BCUT2D eigenvalue weighted by molar-refractivity contribution is 4.73. The maximum absolute atomic E-state index is 5.92. The lowest BCUT2D eigenvalue weighted by Gasteiger charge is -2.11. The SMILES string of the molecule is CC1CCC(C)CC(N)C1. The van der Waals surface area contributed by atoms with Crippen molar-refractivity contribution in [1.82, 2.24) is 0 Å². The Morgan fingerprint density at radius 2 is 1.40 bits per heavy atom. The van der Waals surface area contributed by atoms with E-state index in [-0.39, 0.29) is 0 Å². The molecule has 2 unspecified atom stereocenters. The van der Waals surface area contributed by atoms with Crippen LogP contribution in [-0.4, -0.2) is 6.04 Å². The topological polar surface area (TPSA) is 26.0 Å². The number of rotatable bonds is 0. The first kappa shape index (κ1) is 8.06. The molecule has 1 aliphatic carbocycles. The minimum atomic E-state index is 0.479. The van der Waals surface area contributed by atoms with E-state index < -0.39 is 0 Å². The highest BCUT2D eigenvalue weighted by atomic mass is 14.6. The van der Waals surface area contributed by atoms with Crippen molar-refractivity contribution >= 4 is 0 Å². The summed E-state index contributed by atoms with van der Waals surface area (Å²) in [4.78, 5) is 0. The van der Waals surface area contributed by atoms with Crippen molar-refractivity contribution in [3.63, 3.8) is 0 Å². The third-order valence-electron chi connectivity index (χ3n) is 2.56. The predicted octanol–water partition coefficient (Wildman–Crippen LogP) is 2.16. The van der Waals surface area contributed by atoms with E-state index in [1.807, 2.05) is 0 Å². The van der Waals surface area contributed by atoms with Gasteiger partial charge in [0.05, 0.1) is 0 Å². The molecule has 0 aromatic carbocycles. The van der Waals surface area contributed by atoms with Gasteiger partial charge >= 0.3 is 0 Å². The molecule has 2 N–H and O–H groups in total. The van der Waals surface area contributed by atoms with Gasteiger partial charge in [0, 0.05) is 6.04 Å². The van der Waals surface area contributed by atoms with Crippen LogP contribution in [0, 0.1) is 11.8 Å². The van der Waals surface area contributed by atoms with Crippen LogP contribution < -0.4 is 5.73 Å². The van der Waals surface area contributed by atoms with Crippen molar-refractivity contribution in [2.24, 2.45) is 17.6 Å². The third-order valence-corrected chi connectivity index (χ3v) is 2.56. The monoisotopic (exact) mass is 141 g/mol. The van der Waals surface area contributed by atoms with Gasteiger partial charge < -0.3 is 5.73 Å². The van der Waals surface area contributed by atoms with Gasteiger partial charge in [0.15, 0.2) is 0 Å². The number of nitrogens with two attached hydrogens (primary N) is 1. The van der Waals surface area contributed by atoms with Gasteiger partial charge in [-0.2, -0.15) is 0 Å². The van der Waals surface area contributed by atoms with Gasteiger partial charge in [-0.15, -0.1) is 0 Å². The second-order valence-electron chi connectivity index (χ2n) is 4.02. The van der Waals surface area contributed by atoms with Gasteiger partial charge in [0.1, 0.15) is 0 Å². The molecule has 0 aliphatic heterocycles. The Balaban J connectivity index is 2.38. The molecule has 0 bridgehead atoms. The molecule has 1 heteroatoms. The van der Waals surface area contributed by atoms with Gasteiger partial charge in [-0.25, -0.2) is 0 Å². The molecule has 60 valence electrons. The fraction of sp³-hybridized carbons (Fsp3) is 1.00. The molecule has 10 heavy (non-hydrogen) atoms. The van der Waals surface area contributed by atoms with Crippen molar-refractivity contribution in [2.45, 2.75) is 45.6 Å². The van der Waals surface area contributed by atoms with Crippen LogP contribution in [0.5, 0.6) is 0 Å². The molecule has 0 aromatic rings. The summed E-state index contributed by atoms with van der Waals surface area (Å²) < 4.78 is 0. The van der Waals surface area contributed by atoms with Crippen molar-refractivity contribution in [1.29, 1.82) is 0 Å². The summed E-state index contributed by atoms with van der Waals surface area (Å²) in [5.41, 5.74) is 5.92. The first-order chi connectivity index (χ1) is 4.68. The molecule has 1 rings (SSSR count). The smallest absolute Gasteiger partial charge is 0.00439 e. The van der Waals surface area contributed by atoms with Crippen LogP contribution in [0.1, 0.15) is 39.5 Å². The Morgan fingerprint density at radius 3 is 1.80 bits per heavy atom. The summed E-state index contributed by atoms with van der Waals surface area (Å²) in [6, 6.07) is 0.479. The molecule has 0 amide bonds. The number of hydrogen-bond acceptors (Lipinski definition) is 1. The molecule has 0 radical (unpaired) electrons. The highest BCUT2D eigenvalue weighted by Crippen LogP contribution is 2.25. The van der Waals surface area contributed by atoms with Crippen molar-refractivity contribution in [2.75, 3.05) is 0 Å². The molecule has 1 fully saturated rings. The number of hydrogen-bond donors (Lipinski definition) is 1. The molecule has 2 atom stereocenters. The summed E-state index contributed by atoms with van der Waals surface area (Å²) in [7, 11) is 0.